The Balaban J connectivity index is 1.58. The van der Waals surface area contributed by atoms with Gasteiger partial charge in [0.25, 0.3) is 0 Å². The molecular weight excluding hydrogens is 308 g/mol. The molecule has 0 saturated heterocycles. The number of rotatable bonds is 4. The summed E-state index contributed by atoms with van der Waals surface area (Å²) in [7, 11) is 0. The second kappa shape index (κ2) is 6.36. The summed E-state index contributed by atoms with van der Waals surface area (Å²) < 4.78 is 0. The number of nitrogens with one attached hydrogen (secondary N) is 2. The molecule has 2 aromatic rings. The maximum Gasteiger partial charge on any atom is 0.0875 e. The summed E-state index contributed by atoms with van der Waals surface area (Å²) in [5, 5.41) is 9.45. The second-order valence-corrected chi connectivity index (χ2v) is 7.52. The molecule has 3 aliphatic carbocycles. The number of hydrogen-bond donors (Lipinski definition) is 2. The lowest BCUT2D eigenvalue weighted by Gasteiger charge is -2.56. The van der Waals surface area contributed by atoms with Crippen molar-refractivity contribution in [2.24, 2.45) is 27.5 Å². The molecule has 3 fully saturated rings. The van der Waals surface area contributed by atoms with Gasteiger partial charge in [0.05, 0.1) is 22.8 Å². The zero-order valence-electron chi connectivity index (χ0n) is 14.7. The van der Waals surface area contributed by atoms with Crippen molar-refractivity contribution in [1.29, 1.82) is 0 Å². The van der Waals surface area contributed by atoms with Crippen molar-refractivity contribution in [3.05, 3.63) is 60.7 Å². The van der Waals surface area contributed by atoms with Gasteiger partial charge in [-0.2, -0.15) is 10.2 Å². The molecule has 3 aliphatic rings. The molecule has 0 aromatic heterocycles. The first-order valence-corrected chi connectivity index (χ1v) is 8.91. The Labute approximate surface area is 149 Å². The molecule has 4 nitrogen and oxygen atoms in total. The van der Waals surface area contributed by atoms with E-state index in [1.54, 1.807) is 0 Å². The average molecular weight is 332 g/mol. The number of anilines is 2. The minimum absolute atomic E-state index is 0.309. The third-order valence-corrected chi connectivity index (χ3v) is 5.71. The van der Waals surface area contributed by atoms with Gasteiger partial charge in [0.2, 0.25) is 0 Å². The van der Waals surface area contributed by atoms with Crippen molar-refractivity contribution >= 4 is 22.8 Å². The van der Waals surface area contributed by atoms with Crippen LogP contribution in [0.25, 0.3) is 0 Å². The third-order valence-electron chi connectivity index (χ3n) is 5.71. The van der Waals surface area contributed by atoms with Crippen LogP contribution < -0.4 is 10.9 Å². The average Bonchev–Trinajstić information content (AvgIpc) is 2.66. The van der Waals surface area contributed by atoms with E-state index in [-0.39, 0.29) is 0 Å². The van der Waals surface area contributed by atoms with Crippen LogP contribution in [-0.2, 0) is 0 Å². The summed E-state index contributed by atoms with van der Waals surface area (Å²) in [5.41, 5.74) is 10.9. The van der Waals surface area contributed by atoms with Gasteiger partial charge < -0.3 is 0 Å². The Hall–Kier alpha value is -2.62. The molecule has 0 spiro atoms. The standard InChI is InChI=1S/C21H24N4/c1-21(2)15-13-18(21)20(25-23-17-11-7-4-8-12-17)19(14-15)24-22-16-9-5-3-6-10-16/h3-12,15,18,22-23H,13-14H2,1-2H3/b24-19+,25-20-/t15-,18+/m1/s1. The van der Waals surface area contributed by atoms with Crippen molar-refractivity contribution < 1.29 is 0 Å². The summed E-state index contributed by atoms with van der Waals surface area (Å²) in [6, 6.07) is 20.2. The summed E-state index contributed by atoms with van der Waals surface area (Å²) >= 11 is 0. The van der Waals surface area contributed by atoms with Gasteiger partial charge in [-0.3, -0.25) is 10.9 Å². The minimum Gasteiger partial charge on any atom is -0.278 e. The molecule has 0 aliphatic heterocycles. The van der Waals surface area contributed by atoms with E-state index in [1.165, 1.54) is 6.42 Å². The number of fused-ring (bicyclic) bond motifs is 2. The van der Waals surface area contributed by atoms with E-state index in [0.717, 1.165) is 29.2 Å². The van der Waals surface area contributed by atoms with Crippen LogP contribution in [0.4, 0.5) is 11.4 Å². The van der Waals surface area contributed by atoms with Crippen LogP contribution in [0, 0.1) is 17.3 Å². The molecule has 128 valence electrons. The van der Waals surface area contributed by atoms with Gasteiger partial charge in [0.15, 0.2) is 0 Å². The fraction of sp³-hybridized carbons (Fsp3) is 0.333. The van der Waals surface area contributed by atoms with Gasteiger partial charge in [-0.1, -0.05) is 50.2 Å². The Morgan fingerprint density at radius 3 is 1.96 bits per heavy atom. The molecule has 5 rings (SSSR count). The highest BCUT2D eigenvalue weighted by Crippen LogP contribution is 2.57. The van der Waals surface area contributed by atoms with Crippen LogP contribution in [0.1, 0.15) is 26.7 Å². The Bertz CT molecular complexity index is 793. The van der Waals surface area contributed by atoms with Crippen LogP contribution in [0.5, 0.6) is 0 Å². The summed E-state index contributed by atoms with van der Waals surface area (Å²) in [6.07, 6.45) is 2.20. The maximum atomic E-state index is 4.76. The maximum absolute atomic E-state index is 4.76. The highest BCUT2D eigenvalue weighted by molar-refractivity contribution is 6.44. The summed E-state index contributed by atoms with van der Waals surface area (Å²) in [5.74, 6) is 1.17. The molecule has 2 bridgehead atoms. The van der Waals surface area contributed by atoms with Gasteiger partial charge in [-0.15, -0.1) is 0 Å². The van der Waals surface area contributed by atoms with Crippen LogP contribution in [-0.4, -0.2) is 11.4 Å². The van der Waals surface area contributed by atoms with Crippen LogP contribution in [0.3, 0.4) is 0 Å². The molecule has 4 heteroatoms. The molecule has 25 heavy (non-hydrogen) atoms. The third kappa shape index (κ3) is 3.04. The molecular formula is C21H24N4. The van der Waals surface area contributed by atoms with Gasteiger partial charge >= 0.3 is 0 Å². The molecule has 3 saturated carbocycles. The van der Waals surface area contributed by atoms with Crippen molar-refractivity contribution in [1.82, 2.24) is 0 Å². The number of hydrazone groups is 2. The normalized spacial score (nSPS) is 27.0. The van der Waals surface area contributed by atoms with Crippen molar-refractivity contribution in [2.45, 2.75) is 26.7 Å². The summed E-state index contributed by atoms with van der Waals surface area (Å²) in [6.45, 7) is 4.70. The lowest BCUT2D eigenvalue weighted by Crippen LogP contribution is -2.57. The van der Waals surface area contributed by atoms with Crippen LogP contribution in [0.15, 0.2) is 70.9 Å². The molecule has 2 aromatic carbocycles. The van der Waals surface area contributed by atoms with E-state index in [2.05, 4.69) is 29.8 Å². The fourth-order valence-corrected chi connectivity index (χ4v) is 3.89. The number of nitrogens with zero attached hydrogens (tertiary/aromatic N) is 2. The lowest BCUT2D eigenvalue weighted by atomic mass is 9.48. The topological polar surface area (TPSA) is 48.8 Å². The van der Waals surface area contributed by atoms with Gasteiger partial charge in [0, 0.05) is 5.92 Å². The minimum atomic E-state index is 0.309. The van der Waals surface area contributed by atoms with Crippen molar-refractivity contribution in [3.8, 4) is 0 Å². The van der Waals surface area contributed by atoms with E-state index in [0.29, 0.717) is 17.3 Å². The number of benzene rings is 2. The van der Waals surface area contributed by atoms with E-state index in [9.17, 15) is 0 Å². The van der Waals surface area contributed by atoms with Crippen molar-refractivity contribution in [2.75, 3.05) is 10.9 Å². The first-order valence-electron chi connectivity index (χ1n) is 8.91. The van der Waals surface area contributed by atoms with Crippen molar-refractivity contribution in [3.63, 3.8) is 0 Å². The summed E-state index contributed by atoms with van der Waals surface area (Å²) in [4.78, 5) is 0. The second-order valence-electron chi connectivity index (χ2n) is 7.52. The van der Waals surface area contributed by atoms with Crippen LogP contribution in [0.2, 0.25) is 0 Å². The lowest BCUT2D eigenvalue weighted by molar-refractivity contribution is 0.0236. The number of para-hydroxylation sites is 2. The highest BCUT2D eigenvalue weighted by atomic mass is 15.3. The monoisotopic (exact) mass is 332 g/mol. The van der Waals surface area contributed by atoms with E-state index in [1.807, 2.05) is 60.7 Å². The molecule has 2 N–H and O–H groups in total. The quantitative estimate of drug-likeness (QED) is 0.775. The smallest absolute Gasteiger partial charge is 0.0875 e. The zero-order chi connectivity index (χ0) is 17.3. The van der Waals surface area contributed by atoms with Gasteiger partial charge in [-0.25, -0.2) is 0 Å². The largest absolute Gasteiger partial charge is 0.278 e. The van der Waals surface area contributed by atoms with E-state index in [4.69, 9.17) is 5.10 Å². The first-order chi connectivity index (χ1) is 12.1. The predicted octanol–water partition coefficient (Wildman–Crippen LogP) is 4.99. The van der Waals surface area contributed by atoms with Crippen LogP contribution >= 0.6 is 0 Å². The number of hydrogen-bond acceptors (Lipinski definition) is 4. The molecule has 0 amide bonds. The Kier molecular flexibility index (Phi) is 4.04. The zero-order valence-corrected chi connectivity index (χ0v) is 14.7. The van der Waals surface area contributed by atoms with Gasteiger partial charge in [0.1, 0.15) is 0 Å². The van der Waals surface area contributed by atoms with E-state index >= 15 is 0 Å². The van der Waals surface area contributed by atoms with E-state index < -0.39 is 0 Å². The SMILES string of the molecule is CC1(C)[C@H]2CC(=N\Nc3ccccc3)/C(=N\Nc3ccccc3)[C@@H]1C2. The fourth-order valence-electron chi connectivity index (χ4n) is 3.89. The molecule has 0 heterocycles. The molecule has 0 radical (unpaired) electrons. The molecule has 0 unspecified atom stereocenters. The predicted molar refractivity (Wildman–Crippen MR) is 105 cm³/mol. The molecule has 2 atom stereocenters. The Morgan fingerprint density at radius 1 is 0.840 bits per heavy atom. The van der Waals surface area contributed by atoms with Gasteiger partial charge in [-0.05, 0) is 48.4 Å². The highest BCUT2D eigenvalue weighted by Gasteiger charge is 2.55. The first kappa shape index (κ1) is 15.9. The Morgan fingerprint density at radius 2 is 1.40 bits per heavy atom.